The van der Waals surface area contributed by atoms with E-state index in [0.29, 0.717) is 12.3 Å². The Balaban J connectivity index is 2.04. The van der Waals surface area contributed by atoms with Crippen LogP contribution in [0.25, 0.3) is 5.69 Å². The maximum absolute atomic E-state index is 13.7. The first kappa shape index (κ1) is 16.6. The molecule has 0 radical (unpaired) electrons. The number of rotatable bonds is 5. The van der Waals surface area contributed by atoms with Gasteiger partial charge in [-0.3, -0.25) is 14.9 Å². The summed E-state index contributed by atoms with van der Waals surface area (Å²) in [6.45, 7) is 2.11. The number of aromatic nitrogens is 2. The van der Waals surface area contributed by atoms with Gasteiger partial charge >= 0.3 is 0 Å². The molecule has 7 heteroatoms. The molecule has 0 saturated carbocycles. The lowest BCUT2D eigenvalue weighted by Gasteiger charge is -2.01. The fourth-order valence-electron chi connectivity index (χ4n) is 2.28. The zero-order valence-corrected chi connectivity index (χ0v) is 13.4. The number of nitrogens with zero attached hydrogens (tertiary/aromatic N) is 2. The topological polar surface area (TPSA) is 59.4 Å². The highest BCUT2D eigenvalue weighted by Crippen LogP contribution is 2.19. The molecule has 0 aliphatic carbocycles. The Morgan fingerprint density at radius 3 is 2.64 bits per heavy atom. The Kier molecular flexibility index (Phi) is 4.74. The molecule has 0 amide bonds. The van der Waals surface area contributed by atoms with Crippen LogP contribution in [0.3, 0.4) is 0 Å². The summed E-state index contributed by atoms with van der Waals surface area (Å²) in [6.07, 6.45) is 1.21. The van der Waals surface area contributed by atoms with Gasteiger partial charge in [-0.2, -0.15) is 0 Å². The van der Waals surface area contributed by atoms with E-state index in [1.165, 1.54) is 17.0 Å². The first-order valence-electron chi connectivity index (χ1n) is 7.62. The molecule has 0 spiro atoms. The monoisotopic (exact) mass is 343 g/mol. The SMILES string of the molecule is CCOc1[nH]n(-c2ccccc2)c(=O)c1C=Nc1ccc(F)cc1F. The van der Waals surface area contributed by atoms with Crippen molar-refractivity contribution in [1.82, 2.24) is 9.78 Å². The second kappa shape index (κ2) is 7.12. The number of aromatic amines is 1. The fourth-order valence-corrected chi connectivity index (χ4v) is 2.28. The van der Waals surface area contributed by atoms with Gasteiger partial charge in [0.1, 0.15) is 11.4 Å². The highest BCUT2D eigenvalue weighted by atomic mass is 19.1. The van der Waals surface area contributed by atoms with Crippen molar-refractivity contribution in [3.8, 4) is 11.6 Å². The number of halogens is 2. The maximum atomic E-state index is 13.7. The van der Waals surface area contributed by atoms with Gasteiger partial charge in [0.05, 0.1) is 18.0 Å². The average molecular weight is 343 g/mol. The number of aliphatic imine (C=N–C) groups is 1. The van der Waals surface area contributed by atoms with Gasteiger partial charge < -0.3 is 4.74 Å². The molecular weight excluding hydrogens is 328 g/mol. The minimum absolute atomic E-state index is 0.0734. The number of para-hydroxylation sites is 1. The van der Waals surface area contributed by atoms with Crippen LogP contribution in [0, 0.1) is 11.6 Å². The summed E-state index contributed by atoms with van der Waals surface area (Å²) in [7, 11) is 0. The third kappa shape index (κ3) is 3.50. The molecule has 0 unspecified atom stereocenters. The molecule has 0 aliphatic heterocycles. The largest absolute Gasteiger partial charge is 0.478 e. The van der Waals surface area contributed by atoms with E-state index < -0.39 is 11.6 Å². The summed E-state index contributed by atoms with van der Waals surface area (Å²) in [5, 5.41) is 2.86. The Labute approximate surface area is 142 Å². The molecule has 3 rings (SSSR count). The van der Waals surface area contributed by atoms with Crippen molar-refractivity contribution < 1.29 is 13.5 Å². The second-order valence-electron chi connectivity index (χ2n) is 5.12. The molecule has 0 atom stereocenters. The minimum atomic E-state index is -0.812. The normalized spacial score (nSPS) is 11.2. The predicted molar refractivity (Wildman–Crippen MR) is 91.2 cm³/mol. The van der Waals surface area contributed by atoms with E-state index in [0.717, 1.165) is 12.1 Å². The third-order valence-electron chi connectivity index (χ3n) is 3.44. The van der Waals surface area contributed by atoms with E-state index >= 15 is 0 Å². The standard InChI is InChI=1S/C18H15F2N3O2/c1-2-25-17-14(11-21-16-9-8-12(19)10-15(16)20)18(24)23(22-17)13-6-4-3-5-7-13/h3-11,22H,2H2,1H3. The van der Waals surface area contributed by atoms with Crippen LogP contribution >= 0.6 is 0 Å². The molecule has 5 nitrogen and oxygen atoms in total. The van der Waals surface area contributed by atoms with Crippen LogP contribution in [-0.2, 0) is 0 Å². The smallest absolute Gasteiger partial charge is 0.284 e. The summed E-state index contributed by atoms with van der Waals surface area (Å²) in [5.41, 5.74) is 0.312. The van der Waals surface area contributed by atoms with E-state index in [2.05, 4.69) is 10.1 Å². The lowest BCUT2D eigenvalue weighted by Crippen LogP contribution is -2.17. The predicted octanol–water partition coefficient (Wildman–Crippen LogP) is 3.59. The van der Waals surface area contributed by atoms with E-state index in [-0.39, 0.29) is 22.7 Å². The van der Waals surface area contributed by atoms with Gasteiger partial charge in [0.25, 0.3) is 5.56 Å². The quantitative estimate of drug-likeness (QED) is 0.720. The maximum Gasteiger partial charge on any atom is 0.284 e. The molecule has 0 saturated heterocycles. The molecule has 0 bridgehead atoms. The van der Waals surface area contributed by atoms with Gasteiger partial charge in [-0.1, -0.05) is 18.2 Å². The van der Waals surface area contributed by atoms with E-state index in [1.807, 2.05) is 6.07 Å². The van der Waals surface area contributed by atoms with Crippen molar-refractivity contribution in [2.75, 3.05) is 6.61 Å². The van der Waals surface area contributed by atoms with Crippen molar-refractivity contribution in [3.63, 3.8) is 0 Å². The van der Waals surface area contributed by atoms with Crippen LogP contribution in [0.1, 0.15) is 12.5 Å². The third-order valence-corrected chi connectivity index (χ3v) is 3.44. The van der Waals surface area contributed by atoms with E-state index in [1.54, 1.807) is 31.2 Å². The number of nitrogens with one attached hydrogen (secondary N) is 1. The Morgan fingerprint density at radius 1 is 1.20 bits per heavy atom. The van der Waals surface area contributed by atoms with Crippen molar-refractivity contribution in [2.45, 2.75) is 6.92 Å². The molecule has 0 fully saturated rings. The van der Waals surface area contributed by atoms with Gasteiger partial charge in [0.2, 0.25) is 5.88 Å². The summed E-state index contributed by atoms with van der Waals surface area (Å²) < 4.78 is 33.4. The number of ether oxygens (including phenoxy) is 1. The van der Waals surface area contributed by atoms with Crippen molar-refractivity contribution >= 4 is 11.9 Å². The Hall–Kier alpha value is -3.22. The first-order chi connectivity index (χ1) is 12.1. The number of benzene rings is 2. The van der Waals surface area contributed by atoms with Gasteiger partial charge in [0.15, 0.2) is 5.82 Å². The van der Waals surface area contributed by atoms with Crippen molar-refractivity contribution in [1.29, 1.82) is 0 Å². The second-order valence-corrected chi connectivity index (χ2v) is 5.12. The summed E-state index contributed by atoms with van der Waals surface area (Å²) in [4.78, 5) is 16.6. The van der Waals surface area contributed by atoms with Gasteiger partial charge in [-0.15, -0.1) is 0 Å². The van der Waals surface area contributed by atoms with Crippen LogP contribution in [0.2, 0.25) is 0 Å². The zero-order chi connectivity index (χ0) is 17.8. The Bertz CT molecular complexity index is 962. The zero-order valence-electron chi connectivity index (χ0n) is 13.4. The summed E-state index contributed by atoms with van der Waals surface area (Å²) in [6, 6.07) is 12.0. The molecular formula is C18H15F2N3O2. The number of hydrogen-bond donors (Lipinski definition) is 1. The van der Waals surface area contributed by atoms with Crippen molar-refractivity contribution in [3.05, 3.63) is 76.1 Å². The van der Waals surface area contributed by atoms with Crippen molar-refractivity contribution in [2.24, 2.45) is 4.99 Å². The van der Waals surface area contributed by atoms with Crippen LogP contribution in [-0.4, -0.2) is 22.6 Å². The lowest BCUT2D eigenvalue weighted by molar-refractivity contribution is 0.324. The molecule has 3 aromatic rings. The minimum Gasteiger partial charge on any atom is -0.478 e. The van der Waals surface area contributed by atoms with Gasteiger partial charge in [0, 0.05) is 12.3 Å². The molecule has 1 N–H and O–H groups in total. The van der Waals surface area contributed by atoms with Crippen LogP contribution < -0.4 is 10.3 Å². The molecule has 25 heavy (non-hydrogen) atoms. The van der Waals surface area contributed by atoms with E-state index in [4.69, 9.17) is 4.74 Å². The van der Waals surface area contributed by atoms with Crippen LogP contribution in [0.15, 0.2) is 58.3 Å². The lowest BCUT2D eigenvalue weighted by atomic mass is 10.3. The summed E-state index contributed by atoms with van der Waals surface area (Å²) in [5.74, 6) is -1.28. The van der Waals surface area contributed by atoms with Crippen LogP contribution in [0.5, 0.6) is 5.88 Å². The van der Waals surface area contributed by atoms with E-state index in [9.17, 15) is 13.6 Å². The molecule has 1 aromatic heterocycles. The molecule has 2 aromatic carbocycles. The highest BCUT2D eigenvalue weighted by molar-refractivity contribution is 5.84. The number of hydrogen-bond acceptors (Lipinski definition) is 3. The summed E-state index contributed by atoms with van der Waals surface area (Å²) >= 11 is 0. The number of H-pyrrole nitrogens is 1. The van der Waals surface area contributed by atoms with Gasteiger partial charge in [-0.25, -0.2) is 13.5 Å². The average Bonchev–Trinajstić information content (AvgIpc) is 2.91. The highest BCUT2D eigenvalue weighted by Gasteiger charge is 2.15. The van der Waals surface area contributed by atoms with Gasteiger partial charge in [-0.05, 0) is 31.2 Å². The molecule has 128 valence electrons. The van der Waals surface area contributed by atoms with Crippen LogP contribution in [0.4, 0.5) is 14.5 Å². The Morgan fingerprint density at radius 2 is 1.96 bits per heavy atom. The first-order valence-corrected chi connectivity index (χ1v) is 7.62. The fraction of sp³-hybridized carbons (Fsp3) is 0.111. The molecule has 0 aliphatic rings. The molecule has 1 heterocycles.